The Morgan fingerprint density at radius 2 is 1.91 bits per heavy atom. The number of hydrogen-bond donors (Lipinski definition) is 2. The van der Waals surface area contributed by atoms with Crippen molar-refractivity contribution in [2.45, 2.75) is 32.2 Å². The number of rotatable bonds is 6. The number of hydrogen-bond acceptors (Lipinski definition) is 6. The third-order valence-electron chi connectivity index (χ3n) is 6.04. The lowest BCUT2D eigenvalue weighted by Crippen LogP contribution is -2.49. The van der Waals surface area contributed by atoms with Gasteiger partial charge in [-0.05, 0) is 48.9 Å². The van der Waals surface area contributed by atoms with Gasteiger partial charge in [0.25, 0.3) is 5.91 Å². The van der Waals surface area contributed by atoms with Gasteiger partial charge in [0, 0.05) is 47.7 Å². The molecule has 1 unspecified atom stereocenters. The molecular formula is C25H30N4O2S. The second-order valence-electron chi connectivity index (χ2n) is 8.69. The molecule has 6 nitrogen and oxygen atoms in total. The number of nitrogens with zero attached hydrogens (tertiary/aromatic N) is 2. The first-order chi connectivity index (χ1) is 15.4. The highest BCUT2D eigenvalue weighted by atomic mass is 32.1. The van der Waals surface area contributed by atoms with Gasteiger partial charge in [-0.2, -0.15) is 0 Å². The van der Waals surface area contributed by atoms with Crippen LogP contribution in [-0.4, -0.2) is 43.7 Å². The number of aromatic nitrogens is 1. The van der Waals surface area contributed by atoms with E-state index in [4.69, 9.17) is 9.72 Å². The van der Waals surface area contributed by atoms with Crippen LogP contribution in [0.1, 0.15) is 42.4 Å². The third-order valence-corrected chi connectivity index (χ3v) is 6.80. The fourth-order valence-corrected chi connectivity index (χ4v) is 4.81. The molecule has 168 valence electrons. The van der Waals surface area contributed by atoms with Crippen LogP contribution in [0.3, 0.4) is 0 Å². The van der Waals surface area contributed by atoms with Crippen molar-refractivity contribution in [2.75, 3.05) is 37.0 Å². The summed E-state index contributed by atoms with van der Waals surface area (Å²) in [5, 5.41) is 9.01. The molecule has 1 aliphatic rings. The van der Waals surface area contributed by atoms with Crippen molar-refractivity contribution in [2.24, 2.45) is 0 Å². The number of amides is 1. The summed E-state index contributed by atoms with van der Waals surface area (Å²) >= 11 is 1.44. The number of ether oxygens (including phenoxy) is 1. The van der Waals surface area contributed by atoms with Gasteiger partial charge in [0.05, 0.1) is 12.8 Å². The van der Waals surface area contributed by atoms with Gasteiger partial charge >= 0.3 is 0 Å². The van der Waals surface area contributed by atoms with Gasteiger partial charge in [-0.15, -0.1) is 11.3 Å². The van der Waals surface area contributed by atoms with Gasteiger partial charge in [0.15, 0.2) is 5.13 Å². The number of methoxy groups -OCH3 is 1. The Morgan fingerprint density at radius 1 is 1.19 bits per heavy atom. The summed E-state index contributed by atoms with van der Waals surface area (Å²) in [6.45, 7) is 9.37. The van der Waals surface area contributed by atoms with Crippen molar-refractivity contribution in [3.63, 3.8) is 0 Å². The van der Waals surface area contributed by atoms with Crippen LogP contribution < -0.4 is 20.3 Å². The van der Waals surface area contributed by atoms with Gasteiger partial charge in [-0.1, -0.05) is 26.0 Å². The van der Waals surface area contributed by atoms with Crippen LogP contribution in [0, 0.1) is 0 Å². The molecule has 1 fully saturated rings. The molecule has 3 aromatic rings. The molecular weight excluding hydrogens is 420 g/mol. The fraction of sp³-hybridized carbons (Fsp3) is 0.360. The lowest BCUT2D eigenvalue weighted by molar-refractivity contribution is 0.102. The van der Waals surface area contributed by atoms with Crippen molar-refractivity contribution >= 4 is 28.1 Å². The first kappa shape index (κ1) is 22.3. The Kier molecular flexibility index (Phi) is 6.48. The standard InChI is InChI=1S/C25H30N4O2S/c1-17-15-29(14-13-26-17)20-9-5-18(6-10-20)23(30)28-24-27-22(16-32-24)25(2,3)19-7-11-21(31-4)12-8-19/h5-12,16-17,26H,13-15H2,1-4H3,(H,27,28,30). The first-order valence-corrected chi connectivity index (χ1v) is 11.7. The van der Waals surface area contributed by atoms with E-state index in [0.29, 0.717) is 16.7 Å². The minimum atomic E-state index is -0.284. The lowest BCUT2D eigenvalue weighted by atomic mass is 9.82. The van der Waals surface area contributed by atoms with Crippen LogP contribution in [0.5, 0.6) is 5.75 Å². The van der Waals surface area contributed by atoms with Crippen LogP contribution >= 0.6 is 11.3 Å². The Labute approximate surface area is 193 Å². The zero-order chi connectivity index (χ0) is 22.7. The second kappa shape index (κ2) is 9.30. The lowest BCUT2D eigenvalue weighted by Gasteiger charge is -2.33. The van der Waals surface area contributed by atoms with Crippen molar-refractivity contribution in [1.82, 2.24) is 10.3 Å². The van der Waals surface area contributed by atoms with E-state index in [2.05, 4.69) is 48.4 Å². The molecule has 1 atom stereocenters. The summed E-state index contributed by atoms with van der Waals surface area (Å²) in [6.07, 6.45) is 0. The molecule has 4 rings (SSSR count). The van der Waals surface area contributed by atoms with Crippen LogP contribution in [0.2, 0.25) is 0 Å². The third kappa shape index (κ3) is 4.79. The van der Waals surface area contributed by atoms with E-state index in [1.165, 1.54) is 11.3 Å². The number of thiazole rings is 1. The minimum absolute atomic E-state index is 0.145. The maximum atomic E-state index is 12.8. The predicted molar refractivity (Wildman–Crippen MR) is 131 cm³/mol. The zero-order valence-corrected chi connectivity index (χ0v) is 19.8. The van der Waals surface area contributed by atoms with E-state index < -0.39 is 0 Å². The average molecular weight is 451 g/mol. The molecule has 2 N–H and O–H groups in total. The quantitative estimate of drug-likeness (QED) is 0.578. The van der Waals surface area contributed by atoms with Crippen LogP contribution in [0.15, 0.2) is 53.9 Å². The molecule has 1 amide bonds. The molecule has 0 bridgehead atoms. The second-order valence-corrected chi connectivity index (χ2v) is 9.55. The normalized spacial score (nSPS) is 16.6. The zero-order valence-electron chi connectivity index (χ0n) is 19.0. The van der Waals surface area contributed by atoms with E-state index in [1.54, 1.807) is 7.11 Å². The highest BCUT2D eigenvalue weighted by Gasteiger charge is 2.26. The number of piperazine rings is 1. The highest BCUT2D eigenvalue weighted by molar-refractivity contribution is 7.14. The summed E-state index contributed by atoms with van der Waals surface area (Å²) in [7, 11) is 1.66. The minimum Gasteiger partial charge on any atom is -0.497 e. The molecule has 0 spiro atoms. The first-order valence-electron chi connectivity index (χ1n) is 10.9. The maximum absolute atomic E-state index is 12.8. The number of benzene rings is 2. The molecule has 1 saturated heterocycles. The van der Waals surface area contributed by atoms with Crippen molar-refractivity contribution < 1.29 is 9.53 Å². The van der Waals surface area contributed by atoms with Crippen molar-refractivity contribution in [3.8, 4) is 5.75 Å². The average Bonchev–Trinajstić information content (AvgIpc) is 3.28. The summed E-state index contributed by atoms with van der Waals surface area (Å²) in [5.41, 5.74) is 3.55. The Hall–Kier alpha value is -2.90. The van der Waals surface area contributed by atoms with Crippen LogP contribution in [-0.2, 0) is 5.41 Å². The Morgan fingerprint density at radius 3 is 2.56 bits per heavy atom. The Balaban J connectivity index is 1.43. The van der Waals surface area contributed by atoms with Crippen LogP contribution in [0.4, 0.5) is 10.8 Å². The van der Waals surface area contributed by atoms with Gasteiger partial charge in [-0.25, -0.2) is 4.98 Å². The fourth-order valence-electron chi connectivity index (χ4n) is 3.93. The maximum Gasteiger partial charge on any atom is 0.257 e. The van der Waals surface area contributed by atoms with Crippen LogP contribution in [0.25, 0.3) is 0 Å². The van der Waals surface area contributed by atoms with Gasteiger partial charge in [0.2, 0.25) is 0 Å². The molecule has 0 aliphatic carbocycles. The molecule has 0 saturated carbocycles. The SMILES string of the molecule is COc1ccc(C(C)(C)c2csc(NC(=O)c3ccc(N4CCNC(C)C4)cc3)n2)cc1. The van der Waals surface area contributed by atoms with Crippen molar-refractivity contribution in [1.29, 1.82) is 0 Å². The Bertz CT molecular complexity index is 1060. The summed E-state index contributed by atoms with van der Waals surface area (Å²) in [4.78, 5) is 19.8. The van der Waals surface area contributed by atoms with E-state index in [-0.39, 0.29) is 11.3 Å². The number of anilines is 2. The van der Waals surface area contributed by atoms with E-state index in [9.17, 15) is 4.79 Å². The smallest absolute Gasteiger partial charge is 0.257 e. The van der Waals surface area contributed by atoms with E-state index in [1.807, 2.05) is 41.8 Å². The number of carbonyl (C=O) groups excluding carboxylic acids is 1. The largest absolute Gasteiger partial charge is 0.497 e. The van der Waals surface area contributed by atoms with Gasteiger partial charge < -0.3 is 15.0 Å². The molecule has 2 heterocycles. The number of nitrogens with one attached hydrogen (secondary N) is 2. The monoisotopic (exact) mass is 450 g/mol. The summed E-state index contributed by atoms with van der Waals surface area (Å²) in [5.74, 6) is 0.682. The summed E-state index contributed by atoms with van der Waals surface area (Å²) in [6, 6.07) is 16.3. The predicted octanol–water partition coefficient (Wildman–Crippen LogP) is 4.53. The molecule has 0 radical (unpaired) electrons. The van der Waals surface area contributed by atoms with Gasteiger partial charge in [0.1, 0.15) is 5.75 Å². The van der Waals surface area contributed by atoms with Crippen molar-refractivity contribution in [3.05, 3.63) is 70.7 Å². The topological polar surface area (TPSA) is 66.5 Å². The molecule has 2 aromatic carbocycles. The summed E-state index contributed by atoms with van der Waals surface area (Å²) < 4.78 is 5.26. The molecule has 1 aromatic heterocycles. The molecule has 32 heavy (non-hydrogen) atoms. The van der Waals surface area contributed by atoms with Gasteiger partial charge in [-0.3, -0.25) is 10.1 Å². The highest BCUT2D eigenvalue weighted by Crippen LogP contribution is 2.34. The number of carbonyl (C=O) groups is 1. The molecule has 1 aliphatic heterocycles. The van der Waals surface area contributed by atoms with E-state index >= 15 is 0 Å². The molecule has 7 heteroatoms. The van der Waals surface area contributed by atoms with E-state index in [0.717, 1.165) is 42.3 Å².